The Kier molecular flexibility index (Phi) is 8.70. The number of hydrazine groups is 1. The Bertz CT molecular complexity index is 905. The van der Waals surface area contributed by atoms with E-state index < -0.39 is 11.5 Å². The Labute approximate surface area is 171 Å². The van der Waals surface area contributed by atoms with Crippen LogP contribution in [0.15, 0.2) is 29.1 Å². The normalized spacial score (nSPS) is 10.8. The van der Waals surface area contributed by atoms with Crippen molar-refractivity contribution in [2.24, 2.45) is 0 Å². The number of carbonyl (C=O) groups excluding carboxylic acids is 2. The molecule has 0 aliphatic rings. The van der Waals surface area contributed by atoms with Gasteiger partial charge in [-0.15, -0.1) is 0 Å². The molecule has 1 aromatic carbocycles. The molecular formula is C22H31N3O4. The molecule has 0 bridgehead atoms. The van der Waals surface area contributed by atoms with Gasteiger partial charge in [0.2, 0.25) is 5.91 Å². The fourth-order valence-electron chi connectivity index (χ4n) is 3.40. The van der Waals surface area contributed by atoms with Crippen LogP contribution < -0.4 is 16.4 Å². The Morgan fingerprint density at radius 3 is 2.31 bits per heavy atom. The van der Waals surface area contributed by atoms with Gasteiger partial charge in [0.25, 0.3) is 11.5 Å². The van der Waals surface area contributed by atoms with Crippen LogP contribution in [-0.4, -0.2) is 21.5 Å². The molecule has 3 N–H and O–H groups in total. The molecule has 0 saturated heterocycles. The van der Waals surface area contributed by atoms with E-state index in [1.54, 1.807) is 31.2 Å². The smallest absolute Gasteiger partial charge is 0.279 e. The lowest BCUT2D eigenvalue weighted by Crippen LogP contribution is -2.44. The Balaban J connectivity index is 1.95. The molecule has 29 heavy (non-hydrogen) atoms. The van der Waals surface area contributed by atoms with Gasteiger partial charge in [-0.2, -0.15) is 0 Å². The molecule has 0 unspecified atom stereocenters. The number of aryl methyl sites for hydroxylation is 1. The standard InChI is InChI=1S/C22H31N3O4/c1-3-5-6-7-8-9-10-15-18(26)23-24-21(28)19-20(27)16-13-11-12-14-17(16)25(4-2)22(19)29/h11-14,27H,3-10,15H2,1-2H3,(H,23,26)(H,24,28). The van der Waals surface area contributed by atoms with Crippen molar-refractivity contribution in [3.8, 4) is 5.75 Å². The van der Waals surface area contributed by atoms with Crippen molar-refractivity contribution >= 4 is 22.7 Å². The molecule has 158 valence electrons. The average molecular weight is 402 g/mol. The van der Waals surface area contributed by atoms with Crippen molar-refractivity contribution < 1.29 is 14.7 Å². The van der Waals surface area contributed by atoms with Gasteiger partial charge in [0, 0.05) is 18.4 Å². The van der Waals surface area contributed by atoms with Gasteiger partial charge in [-0.05, 0) is 25.5 Å². The molecule has 0 fully saturated rings. The number of hydrogen-bond acceptors (Lipinski definition) is 4. The highest BCUT2D eigenvalue weighted by molar-refractivity contribution is 6.02. The first-order chi connectivity index (χ1) is 14.0. The van der Waals surface area contributed by atoms with Crippen LogP contribution in [0.4, 0.5) is 0 Å². The summed E-state index contributed by atoms with van der Waals surface area (Å²) in [6.45, 7) is 4.31. The fraction of sp³-hybridized carbons (Fsp3) is 0.500. The van der Waals surface area contributed by atoms with Gasteiger partial charge in [0.15, 0.2) is 0 Å². The lowest BCUT2D eigenvalue weighted by molar-refractivity contribution is -0.122. The predicted molar refractivity (Wildman–Crippen MR) is 114 cm³/mol. The van der Waals surface area contributed by atoms with Gasteiger partial charge in [0.05, 0.1) is 5.52 Å². The van der Waals surface area contributed by atoms with Crippen LogP contribution in [0, 0.1) is 0 Å². The van der Waals surface area contributed by atoms with Crippen LogP contribution in [0.3, 0.4) is 0 Å². The molecular weight excluding hydrogens is 370 g/mol. The van der Waals surface area contributed by atoms with E-state index in [0.29, 0.717) is 23.9 Å². The number of hydrogen-bond donors (Lipinski definition) is 3. The first-order valence-corrected chi connectivity index (χ1v) is 10.4. The largest absolute Gasteiger partial charge is 0.506 e. The van der Waals surface area contributed by atoms with E-state index in [9.17, 15) is 19.5 Å². The van der Waals surface area contributed by atoms with Crippen molar-refractivity contribution in [3.63, 3.8) is 0 Å². The molecule has 0 saturated carbocycles. The second kappa shape index (κ2) is 11.2. The van der Waals surface area contributed by atoms with Crippen molar-refractivity contribution in [1.29, 1.82) is 0 Å². The second-order valence-corrected chi connectivity index (χ2v) is 7.16. The first-order valence-electron chi connectivity index (χ1n) is 10.4. The van der Waals surface area contributed by atoms with Gasteiger partial charge in [-0.3, -0.25) is 25.2 Å². The van der Waals surface area contributed by atoms with Crippen LogP contribution in [-0.2, 0) is 11.3 Å². The minimum Gasteiger partial charge on any atom is -0.506 e. The third-order valence-corrected chi connectivity index (χ3v) is 5.01. The lowest BCUT2D eigenvalue weighted by Gasteiger charge is -2.14. The van der Waals surface area contributed by atoms with Crippen LogP contribution >= 0.6 is 0 Å². The van der Waals surface area contributed by atoms with Crippen LogP contribution in [0.5, 0.6) is 5.75 Å². The molecule has 2 rings (SSSR count). The topological polar surface area (TPSA) is 100 Å². The number of aromatic hydroxyl groups is 1. The Morgan fingerprint density at radius 1 is 0.966 bits per heavy atom. The average Bonchev–Trinajstić information content (AvgIpc) is 2.72. The number of unbranched alkanes of at least 4 members (excludes halogenated alkanes) is 6. The predicted octanol–water partition coefficient (Wildman–Crippen LogP) is 3.63. The van der Waals surface area contributed by atoms with E-state index in [1.807, 2.05) is 0 Å². The number of para-hydroxylation sites is 1. The zero-order valence-corrected chi connectivity index (χ0v) is 17.3. The van der Waals surface area contributed by atoms with Gasteiger partial charge in [-0.1, -0.05) is 57.6 Å². The molecule has 1 aromatic heterocycles. The van der Waals surface area contributed by atoms with Gasteiger partial charge >= 0.3 is 0 Å². The maximum absolute atomic E-state index is 12.7. The molecule has 2 amide bonds. The summed E-state index contributed by atoms with van der Waals surface area (Å²) in [4.78, 5) is 37.1. The van der Waals surface area contributed by atoms with E-state index >= 15 is 0 Å². The maximum Gasteiger partial charge on any atom is 0.279 e. The van der Waals surface area contributed by atoms with E-state index in [-0.39, 0.29) is 17.2 Å². The highest BCUT2D eigenvalue weighted by Crippen LogP contribution is 2.26. The summed E-state index contributed by atoms with van der Waals surface area (Å²) in [6.07, 6.45) is 7.97. The summed E-state index contributed by atoms with van der Waals surface area (Å²) >= 11 is 0. The van der Waals surface area contributed by atoms with Crippen LogP contribution in [0.1, 0.15) is 75.6 Å². The minimum atomic E-state index is -0.826. The van der Waals surface area contributed by atoms with Crippen LogP contribution in [0.25, 0.3) is 10.9 Å². The van der Waals surface area contributed by atoms with Gasteiger partial charge < -0.3 is 9.67 Å². The fourth-order valence-corrected chi connectivity index (χ4v) is 3.40. The van der Waals surface area contributed by atoms with Crippen molar-refractivity contribution in [2.45, 2.75) is 71.8 Å². The van der Waals surface area contributed by atoms with E-state index in [0.717, 1.165) is 19.3 Å². The molecule has 0 aliphatic carbocycles. The number of rotatable bonds is 10. The number of pyridine rings is 1. The number of fused-ring (bicyclic) bond motifs is 1. The third-order valence-electron chi connectivity index (χ3n) is 5.01. The SMILES string of the molecule is CCCCCCCCCC(=O)NNC(=O)c1c(O)c2ccccc2n(CC)c1=O. The van der Waals surface area contributed by atoms with E-state index in [4.69, 9.17) is 0 Å². The maximum atomic E-state index is 12.7. The highest BCUT2D eigenvalue weighted by Gasteiger charge is 2.22. The number of benzene rings is 1. The Hall–Kier alpha value is -2.83. The number of carbonyl (C=O) groups is 2. The number of nitrogens with zero attached hydrogens (tertiary/aromatic N) is 1. The molecule has 0 atom stereocenters. The lowest BCUT2D eigenvalue weighted by atomic mass is 10.1. The van der Waals surface area contributed by atoms with Crippen LogP contribution in [0.2, 0.25) is 0 Å². The summed E-state index contributed by atoms with van der Waals surface area (Å²) in [6, 6.07) is 6.84. The molecule has 0 aliphatic heterocycles. The molecule has 0 radical (unpaired) electrons. The highest BCUT2D eigenvalue weighted by atomic mass is 16.3. The quantitative estimate of drug-likeness (QED) is 0.418. The minimum absolute atomic E-state index is 0.303. The van der Waals surface area contributed by atoms with Crippen molar-refractivity contribution in [1.82, 2.24) is 15.4 Å². The molecule has 1 heterocycles. The summed E-state index contributed by atoms with van der Waals surface area (Å²) in [5, 5.41) is 10.9. The first kappa shape index (κ1) is 22.5. The third kappa shape index (κ3) is 5.82. The zero-order chi connectivity index (χ0) is 21.2. The molecule has 2 aromatic rings. The molecule has 7 nitrogen and oxygen atoms in total. The second-order valence-electron chi connectivity index (χ2n) is 7.16. The number of aromatic nitrogens is 1. The Morgan fingerprint density at radius 2 is 1.62 bits per heavy atom. The summed E-state index contributed by atoms with van der Waals surface area (Å²) in [7, 11) is 0. The summed E-state index contributed by atoms with van der Waals surface area (Å²) in [5.74, 6) is -1.52. The van der Waals surface area contributed by atoms with Gasteiger partial charge in [0.1, 0.15) is 11.3 Å². The van der Waals surface area contributed by atoms with E-state index in [1.165, 1.54) is 30.3 Å². The number of nitrogens with one attached hydrogen (secondary N) is 2. The monoisotopic (exact) mass is 401 g/mol. The van der Waals surface area contributed by atoms with E-state index in [2.05, 4.69) is 17.8 Å². The summed E-state index contributed by atoms with van der Waals surface area (Å²) < 4.78 is 1.42. The van der Waals surface area contributed by atoms with Crippen molar-refractivity contribution in [2.75, 3.05) is 0 Å². The zero-order valence-electron chi connectivity index (χ0n) is 17.3. The molecule has 0 spiro atoms. The van der Waals surface area contributed by atoms with Crippen molar-refractivity contribution in [3.05, 3.63) is 40.2 Å². The van der Waals surface area contributed by atoms with Gasteiger partial charge in [-0.25, -0.2) is 0 Å². The number of amides is 2. The summed E-state index contributed by atoms with van der Waals surface area (Å²) in [5.41, 5.74) is 4.17. The molecule has 7 heteroatoms.